The first-order valence-electron chi connectivity index (χ1n) is 7.08. The molecule has 0 atom stereocenters. The Balaban J connectivity index is 1.78. The standard InChI is InChI=1S/C16H23NO2/c1-12(2)9-14-5-3-13(4-6-14)7-8-16(19)17-10-15(18)11-17/h3-6,12,15,18H,7-11H2,1-2H3. The van der Waals surface area contributed by atoms with Crippen molar-refractivity contribution in [1.82, 2.24) is 4.90 Å². The molecule has 3 nitrogen and oxygen atoms in total. The molecule has 1 aliphatic heterocycles. The smallest absolute Gasteiger partial charge is 0.223 e. The Morgan fingerprint density at radius 2 is 1.84 bits per heavy atom. The van der Waals surface area contributed by atoms with E-state index in [1.165, 1.54) is 11.1 Å². The molecular weight excluding hydrogens is 238 g/mol. The van der Waals surface area contributed by atoms with Gasteiger partial charge in [-0.25, -0.2) is 0 Å². The van der Waals surface area contributed by atoms with Gasteiger partial charge >= 0.3 is 0 Å². The molecule has 3 heteroatoms. The molecule has 2 rings (SSSR count). The van der Waals surface area contributed by atoms with Crippen LogP contribution in [0.1, 0.15) is 31.4 Å². The molecule has 1 aliphatic rings. The third-order valence-corrected chi connectivity index (χ3v) is 3.51. The maximum absolute atomic E-state index is 11.8. The summed E-state index contributed by atoms with van der Waals surface area (Å²) in [5, 5.41) is 9.16. The number of hydrogen-bond acceptors (Lipinski definition) is 2. The van der Waals surface area contributed by atoms with Gasteiger partial charge in [0.2, 0.25) is 5.91 Å². The van der Waals surface area contributed by atoms with E-state index in [2.05, 4.69) is 38.1 Å². The first kappa shape index (κ1) is 14.1. The fourth-order valence-corrected chi connectivity index (χ4v) is 2.38. The van der Waals surface area contributed by atoms with E-state index < -0.39 is 0 Å². The van der Waals surface area contributed by atoms with Gasteiger partial charge in [0.1, 0.15) is 0 Å². The van der Waals surface area contributed by atoms with Crippen LogP contribution in [0, 0.1) is 5.92 Å². The summed E-state index contributed by atoms with van der Waals surface area (Å²) >= 11 is 0. The van der Waals surface area contributed by atoms with Gasteiger partial charge in [0.05, 0.1) is 6.10 Å². The second-order valence-corrected chi connectivity index (χ2v) is 5.87. The maximum Gasteiger partial charge on any atom is 0.223 e. The highest BCUT2D eigenvalue weighted by atomic mass is 16.3. The van der Waals surface area contributed by atoms with Crippen molar-refractivity contribution in [1.29, 1.82) is 0 Å². The van der Waals surface area contributed by atoms with Crippen LogP contribution in [0.2, 0.25) is 0 Å². The Bertz CT molecular complexity index is 419. The number of aliphatic hydroxyl groups excluding tert-OH is 1. The molecule has 1 N–H and O–H groups in total. The summed E-state index contributed by atoms with van der Waals surface area (Å²) in [5.74, 6) is 0.821. The third kappa shape index (κ3) is 4.06. The maximum atomic E-state index is 11.8. The average molecular weight is 261 g/mol. The number of benzene rings is 1. The lowest BCUT2D eigenvalue weighted by molar-refractivity contribution is -0.141. The number of carbonyl (C=O) groups excluding carboxylic acids is 1. The minimum absolute atomic E-state index is 0.150. The number of aryl methyl sites for hydroxylation is 1. The minimum atomic E-state index is -0.306. The van der Waals surface area contributed by atoms with Crippen LogP contribution in [0.3, 0.4) is 0 Å². The highest BCUT2D eigenvalue weighted by molar-refractivity contribution is 5.77. The van der Waals surface area contributed by atoms with Crippen LogP contribution >= 0.6 is 0 Å². The van der Waals surface area contributed by atoms with Gasteiger partial charge in [-0.1, -0.05) is 38.1 Å². The highest BCUT2D eigenvalue weighted by Gasteiger charge is 2.27. The molecule has 0 saturated carbocycles. The van der Waals surface area contributed by atoms with E-state index in [1.807, 2.05) is 0 Å². The van der Waals surface area contributed by atoms with E-state index in [0.29, 0.717) is 25.4 Å². The lowest BCUT2D eigenvalue weighted by Crippen LogP contribution is -2.53. The minimum Gasteiger partial charge on any atom is -0.389 e. The second-order valence-electron chi connectivity index (χ2n) is 5.87. The summed E-state index contributed by atoms with van der Waals surface area (Å²) in [7, 11) is 0. The van der Waals surface area contributed by atoms with Crippen LogP contribution in [0.5, 0.6) is 0 Å². The Hall–Kier alpha value is -1.35. The number of likely N-dealkylation sites (tertiary alicyclic amines) is 1. The molecule has 0 aliphatic carbocycles. The van der Waals surface area contributed by atoms with Crippen LogP contribution in [-0.4, -0.2) is 35.1 Å². The first-order valence-corrected chi connectivity index (χ1v) is 7.08. The van der Waals surface area contributed by atoms with Crippen LogP contribution in [0.15, 0.2) is 24.3 Å². The van der Waals surface area contributed by atoms with Gasteiger partial charge in [-0.3, -0.25) is 4.79 Å². The predicted molar refractivity (Wildman–Crippen MR) is 75.9 cm³/mol. The van der Waals surface area contributed by atoms with Crippen molar-refractivity contribution in [2.75, 3.05) is 13.1 Å². The van der Waals surface area contributed by atoms with E-state index >= 15 is 0 Å². The highest BCUT2D eigenvalue weighted by Crippen LogP contribution is 2.13. The zero-order valence-corrected chi connectivity index (χ0v) is 11.8. The van der Waals surface area contributed by atoms with Crippen LogP contribution in [0.25, 0.3) is 0 Å². The normalized spacial score (nSPS) is 15.7. The van der Waals surface area contributed by atoms with Gasteiger partial charge in [-0.05, 0) is 29.9 Å². The quantitative estimate of drug-likeness (QED) is 0.881. The molecule has 1 aromatic carbocycles. The summed E-state index contributed by atoms with van der Waals surface area (Å²) in [5.41, 5.74) is 2.57. The molecule has 0 aromatic heterocycles. The topological polar surface area (TPSA) is 40.5 Å². The van der Waals surface area contributed by atoms with E-state index in [-0.39, 0.29) is 12.0 Å². The van der Waals surface area contributed by atoms with Gasteiger partial charge in [0, 0.05) is 19.5 Å². The van der Waals surface area contributed by atoms with E-state index in [9.17, 15) is 4.79 Å². The second kappa shape index (κ2) is 6.20. The molecule has 1 aromatic rings. The third-order valence-electron chi connectivity index (χ3n) is 3.51. The van der Waals surface area contributed by atoms with E-state index in [1.54, 1.807) is 4.90 Å². The zero-order valence-electron chi connectivity index (χ0n) is 11.8. The lowest BCUT2D eigenvalue weighted by atomic mass is 10.00. The average Bonchev–Trinajstić information content (AvgIpc) is 2.33. The van der Waals surface area contributed by atoms with Crippen molar-refractivity contribution in [3.05, 3.63) is 35.4 Å². The van der Waals surface area contributed by atoms with Gasteiger partial charge in [-0.15, -0.1) is 0 Å². The van der Waals surface area contributed by atoms with Crippen molar-refractivity contribution in [2.45, 2.75) is 39.2 Å². The van der Waals surface area contributed by atoms with E-state index in [4.69, 9.17) is 5.11 Å². The Labute approximate surface area is 115 Å². The number of amides is 1. The summed E-state index contributed by atoms with van der Waals surface area (Å²) in [4.78, 5) is 13.5. The number of nitrogens with zero attached hydrogens (tertiary/aromatic N) is 1. The number of aliphatic hydroxyl groups is 1. The van der Waals surface area contributed by atoms with Crippen LogP contribution < -0.4 is 0 Å². The number of carbonyl (C=O) groups is 1. The molecule has 1 heterocycles. The zero-order chi connectivity index (χ0) is 13.8. The molecule has 0 unspecified atom stereocenters. The summed E-state index contributed by atoms with van der Waals surface area (Å²) < 4.78 is 0. The van der Waals surface area contributed by atoms with Gasteiger partial charge in [0.15, 0.2) is 0 Å². The molecule has 0 bridgehead atoms. The van der Waals surface area contributed by atoms with Crippen LogP contribution in [-0.2, 0) is 17.6 Å². The fourth-order valence-electron chi connectivity index (χ4n) is 2.38. The molecule has 104 valence electrons. The SMILES string of the molecule is CC(C)Cc1ccc(CCC(=O)N2CC(O)C2)cc1. The Morgan fingerprint density at radius 3 is 2.37 bits per heavy atom. The molecule has 0 spiro atoms. The van der Waals surface area contributed by atoms with Crippen molar-refractivity contribution in [3.8, 4) is 0 Å². The van der Waals surface area contributed by atoms with Crippen LogP contribution in [0.4, 0.5) is 0 Å². The molecule has 19 heavy (non-hydrogen) atoms. The molecule has 1 amide bonds. The summed E-state index contributed by atoms with van der Waals surface area (Å²) in [6, 6.07) is 8.56. The fraction of sp³-hybridized carbons (Fsp3) is 0.562. The summed E-state index contributed by atoms with van der Waals surface area (Å²) in [6.07, 6.45) is 2.12. The molecule has 1 saturated heterocycles. The number of hydrogen-bond donors (Lipinski definition) is 1. The van der Waals surface area contributed by atoms with Gasteiger partial charge in [-0.2, -0.15) is 0 Å². The number of rotatable bonds is 5. The van der Waals surface area contributed by atoms with Crippen molar-refractivity contribution >= 4 is 5.91 Å². The van der Waals surface area contributed by atoms with Crippen molar-refractivity contribution < 1.29 is 9.90 Å². The van der Waals surface area contributed by atoms with Crippen molar-refractivity contribution in [3.63, 3.8) is 0 Å². The Kier molecular flexibility index (Phi) is 4.59. The summed E-state index contributed by atoms with van der Waals surface area (Å²) in [6.45, 7) is 5.44. The van der Waals surface area contributed by atoms with Gasteiger partial charge < -0.3 is 10.0 Å². The van der Waals surface area contributed by atoms with E-state index in [0.717, 1.165) is 12.8 Å². The molecule has 1 fully saturated rings. The molecule has 0 radical (unpaired) electrons. The lowest BCUT2D eigenvalue weighted by Gasteiger charge is -2.35. The number of β-amino-alcohol motifs (C(OH)–C–C–N with tert-alkyl or cyclic N) is 1. The monoisotopic (exact) mass is 261 g/mol. The van der Waals surface area contributed by atoms with Gasteiger partial charge in [0.25, 0.3) is 0 Å². The largest absolute Gasteiger partial charge is 0.389 e. The first-order chi connectivity index (χ1) is 9.04. The Morgan fingerprint density at radius 1 is 1.26 bits per heavy atom. The molecular formula is C16H23NO2. The van der Waals surface area contributed by atoms with Crippen molar-refractivity contribution in [2.24, 2.45) is 5.92 Å². The predicted octanol–water partition coefficient (Wildman–Crippen LogP) is 2.02.